The van der Waals surface area contributed by atoms with E-state index in [0.717, 1.165) is 12.0 Å². The van der Waals surface area contributed by atoms with Gasteiger partial charge in [0, 0.05) is 12.6 Å². The third kappa shape index (κ3) is 3.21. The molecule has 2 heteroatoms. The van der Waals surface area contributed by atoms with E-state index in [9.17, 15) is 0 Å². The number of nitrogens with zero attached hydrogens (tertiary/aromatic N) is 1. The molecule has 1 N–H and O–H groups in total. The van der Waals surface area contributed by atoms with Gasteiger partial charge in [0.25, 0.3) is 0 Å². The molecule has 1 heterocycles. The Bertz CT molecular complexity index is 112. The van der Waals surface area contributed by atoms with Gasteiger partial charge in [0.05, 0.1) is 0 Å². The fourth-order valence-electron chi connectivity index (χ4n) is 1.50. The van der Waals surface area contributed by atoms with E-state index in [2.05, 4.69) is 31.1 Å². The molecule has 0 amide bonds. The van der Waals surface area contributed by atoms with Crippen LogP contribution in [0.5, 0.6) is 0 Å². The predicted molar refractivity (Wildman–Crippen MR) is 48.7 cm³/mol. The van der Waals surface area contributed by atoms with E-state index in [1.165, 1.54) is 26.1 Å². The van der Waals surface area contributed by atoms with E-state index >= 15 is 0 Å². The molecule has 1 rings (SSSR count). The van der Waals surface area contributed by atoms with Crippen LogP contribution in [0.15, 0.2) is 0 Å². The summed E-state index contributed by atoms with van der Waals surface area (Å²) in [5, 5.41) is 3.57. The fourth-order valence-corrected chi connectivity index (χ4v) is 1.50. The lowest BCUT2D eigenvalue weighted by atomic mass is 10.2. The van der Waals surface area contributed by atoms with Crippen LogP contribution in [0, 0.1) is 5.92 Å². The Hall–Kier alpha value is -0.0800. The van der Waals surface area contributed by atoms with Crippen LogP contribution in [0.25, 0.3) is 0 Å². The molecular weight excluding hydrogens is 136 g/mol. The minimum atomic E-state index is 0.752. The van der Waals surface area contributed by atoms with Crippen molar-refractivity contribution in [2.45, 2.75) is 26.3 Å². The molecular formula is C9H20N2. The Morgan fingerprint density at radius 1 is 1.55 bits per heavy atom. The van der Waals surface area contributed by atoms with Crippen molar-refractivity contribution in [3.8, 4) is 0 Å². The van der Waals surface area contributed by atoms with Crippen molar-refractivity contribution >= 4 is 0 Å². The number of rotatable bonds is 3. The summed E-state index contributed by atoms with van der Waals surface area (Å²) >= 11 is 0. The lowest BCUT2D eigenvalue weighted by Crippen LogP contribution is -2.33. The molecule has 0 aromatic carbocycles. The Labute approximate surface area is 70.0 Å². The number of hydrogen-bond acceptors (Lipinski definition) is 2. The van der Waals surface area contributed by atoms with Crippen LogP contribution in [0.1, 0.15) is 20.3 Å². The van der Waals surface area contributed by atoms with E-state index in [1.54, 1.807) is 0 Å². The van der Waals surface area contributed by atoms with Crippen LogP contribution >= 0.6 is 0 Å². The predicted octanol–water partition coefficient (Wildman–Crippen LogP) is 0.936. The van der Waals surface area contributed by atoms with Crippen molar-refractivity contribution in [2.24, 2.45) is 5.92 Å². The first-order valence-electron chi connectivity index (χ1n) is 4.60. The Morgan fingerprint density at radius 3 is 2.73 bits per heavy atom. The van der Waals surface area contributed by atoms with E-state index in [4.69, 9.17) is 0 Å². The van der Waals surface area contributed by atoms with Crippen molar-refractivity contribution < 1.29 is 0 Å². The quantitative estimate of drug-likeness (QED) is 0.654. The maximum Gasteiger partial charge on any atom is 0.0207 e. The van der Waals surface area contributed by atoms with Gasteiger partial charge < -0.3 is 10.2 Å². The Balaban J connectivity index is 2.08. The van der Waals surface area contributed by atoms with Gasteiger partial charge in [-0.1, -0.05) is 13.8 Å². The summed E-state index contributed by atoms with van der Waals surface area (Å²) in [5.74, 6) is 0.779. The summed E-state index contributed by atoms with van der Waals surface area (Å²) in [6.07, 6.45) is 1.32. The molecule has 0 aliphatic carbocycles. The van der Waals surface area contributed by atoms with Crippen LogP contribution in [0.2, 0.25) is 0 Å². The van der Waals surface area contributed by atoms with Gasteiger partial charge in [-0.3, -0.25) is 0 Å². The third-order valence-electron chi connectivity index (χ3n) is 2.21. The summed E-state index contributed by atoms with van der Waals surface area (Å²) in [6.45, 7) is 8.17. The lowest BCUT2D eigenvalue weighted by Gasteiger charge is -2.14. The molecule has 1 aliphatic heterocycles. The summed E-state index contributed by atoms with van der Waals surface area (Å²) in [5.41, 5.74) is 0. The van der Waals surface area contributed by atoms with Gasteiger partial charge in [0.15, 0.2) is 0 Å². The SMILES string of the molecule is CC(C)CN[C@@H]1CCN(C)C1. The molecule has 66 valence electrons. The van der Waals surface area contributed by atoms with E-state index in [0.29, 0.717) is 0 Å². The normalized spacial score (nSPS) is 26.7. The molecule has 0 aromatic rings. The van der Waals surface area contributed by atoms with E-state index in [-0.39, 0.29) is 0 Å². The first-order chi connectivity index (χ1) is 5.18. The fraction of sp³-hybridized carbons (Fsp3) is 1.00. The van der Waals surface area contributed by atoms with E-state index < -0.39 is 0 Å². The zero-order chi connectivity index (χ0) is 8.27. The number of likely N-dealkylation sites (N-methyl/N-ethyl adjacent to an activating group) is 1. The summed E-state index contributed by atoms with van der Waals surface area (Å²) in [6, 6.07) is 0.752. The van der Waals surface area contributed by atoms with Crippen LogP contribution in [0.3, 0.4) is 0 Å². The van der Waals surface area contributed by atoms with Crippen LogP contribution in [0.4, 0.5) is 0 Å². The van der Waals surface area contributed by atoms with Gasteiger partial charge in [-0.15, -0.1) is 0 Å². The molecule has 11 heavy (non-hydrogen) atoms. The van der Waals surface area contributed by atoms with Crippen LogP contribution in [-0.4, -0.2) is 37.6 Å². The van der Waals surface area contributed by atoms with Crippen molar-refractivity contribution in [2.75, 3.05) is 26.7 Å². The molecule has 0 spiro atoms. The second-order valence-corrected chi connectivity index (χ2v) is 4.05. The minimum Gasteiger partial charge on any atom is -0.312 e. The zero-order valence-corrected chi connectivity index (χ0v) is 7.93. The van der Waals surface area contributed by atoms with Crippen molar-refractivity contribution in [1.82, 2.24) is 10.2 Å². The van der Waals surface area contributed by atoms with Crippen molar-refractivity contribution in [3.05, 3.63) is 0 Å². The largest absolute Gasteiger partial charge is 0.312 e. The van der Waals surface area contributed by atoms with Crippen LogP contribution < -0.4 is 5.32 Å². The Morgan fingerprint density at radius 2 is 2.27 bits per heavy atom. The highest BCUT2D eigenvalue weighted by atomic mass is 15.2. The number of nitrogens with one attached hydrogen (secondary N) is 1. The van der Waals surface area contributed by atoms with Crippen LogP contribution in [-0.2, 0) is 0 Å². The summed E-state index contributed by atoms with van der Waals surface area (Å²) in [7, 11) is 2.19. The van der Waals surface area contributed by atoms with Crippen molar-refractivity contribution in [3.63, 3.8) is 0 Å². The summed E-state index contributed by atoms with van der Waals surface area (Å²) in [4.78, 5) is 2.39. The average Bonchev–Trinajstić information content (AvgIpc) is 2.31. The smallest absolute Gasteiger partial charge is 0.0207 e. The molecule has 0 saturated carbocycles. The molecule has 0 bridgehead atoms. The van der Waals surface area contributed by atoms with E-state index in [1.807, 2.05) is 0 Å². The minimum absolute atomic E-state index is 0.752. The molecule has 1 aliphatic rings. The number of hydrogen-bond donors (Lipinski definition) is 1. The number of likely N-dealkylation sites (tertiary alicyclic amines) is 1. The van der Waals surface area contributed by atoms with Crippen molar-refractivity contribution in [1.29, 1.82) is 0 Å². The monoisotopic (exact) mass is 156 g/mol. The zero-order valence-electron chi connectivity index (χ0n) is 7.93. The molecule has 1 saturated heterocycles. The van der Waals surface area contributed by atoms with Gasteiger partial charge in [-0.25, -0.2) is 0 Å². The lowest BCUT2D eigenvalue weighted by molar-refractivity contribution is 0.391. The van der Waals surface area contributed by atoms with Gasteiger partial charge in [-0.05, 0) is 32.5 Å². The second kappa shape index (κ2) is 4.07. The molecule has 1 atom stereocenters. The Kier molecular flexibility index (Phi) is 3.34. The first-order valence-corrected chi connectivity index (χ1v) is 4.60. The van der Waals surface area contributed by atoms with Gasteiger partial charge in [0.1, 0.15) is 0 Å². The maximum absolute atomic E-state index is 3.57. The van der Waals surface area contributed by atoms with Gasteiger partial charge in [-0.2, -0.15) is 0 Å². The molecule has 0 aromatic heterocycles. The highest BCUT2D eigenvalue weighted by Crippen LogP contribution is 2.06. The maximum atomic E-state index is 3.57. The second-order valence-electron chi connectivity index (χ2n) is 4.05. The standard InChI is InChI=1S/C9H20N2/c1-8(2)6-10-9-4-5-11(3)7-9/h8-10H,4-7H2,1-3H3/t9-/m1/s1. The third-order valence-corrected chi connectivity index (χ3v) is 2.21. The molecule has 1 fully saturated rings. The average molecular weight is 156 g/mol. The topological polar surface area (TPSA) is 15.3 Å². The summed E-state index contributed by atoms with van der Waals surface area (Å²) < 4.78 is 0. The van der Waals surface area contributed by atoms with Gasteiger partial charge >= 0.3 is 0 Å². The highest BCUT2D eigenvalue weighted by molar-refractivity contribution is 4.78. The first kappa shape index (κ1) is 9.01. The molecule has 0 unspecified atom stereocenters. The molecule has 0 radical (unpaired) electrons. The molecule has 2 nitrogen and oxygen atoms in total. The highest BCUT2D eigenvalue weighted by Gasteiger charge is 2.18. The van der Waals surface area contributed by atoms with Gasteiger partial charge in [0.2, 0.25) is 0 Å².